The van der Waals surface area contributed by atoms with Crippen molar-refractivity contribution in [3.8, 4) is 5.69 Å². The van der Waals surface area contributed by atoms with Crippen molar-refractivity contribution in [2.24, 2.45) is 0 Å². The maximum Gasteiger partial charge on any atom is 0.418 e. The van der Waals surface area contributed by atoms with Gasteiger partial charge in [0.2, 0.25) is 0 Å². The molecular formula is C15H17ClF3N5O. The van der Waals surface area contributed by atoms with Gasteiger partial charge in [-0.1, -0.05) is 17.3 Å². The van der Waals surface area contributed by atoms with Gasteiger partial charge in [0.05, 0.1) is 17.4 Å². The van der Waals surface area contributed by atoms with Gasteiger partial charge >= 0.3 is 6.18 Å². The number of rotatable bonds is 4. The smallest absolute Gasteiger partial charge is 0.349 e. The summed E-state index contributed by atoms with van der Waals surface area (Å²) in [6.45, 7) is 1.37. The fraction of sp³-hybridized carbons (Fsp3) is 0.400. The second kappa shape index (κ2) is 7.83. The first-order chi connectivity index (χ1) is 11.4. The number of halogens is 4. The summed E-state index contributed by atoms with van der Waals surface area (Å²) in [5, 5.41) is 13.3. The molecule has 1 aliphatic rings. The van der Waals surface area contributed by atoms with Gasteiger partial charge in [0.15, 0.2) is 5.69 Å². The number of hydrogen-bond donors (Lipinski definition) is 2. The molecule has 1 atom stereocenters. The molecule has 2 heterocycles. The highest BCUT2D eigenvalue weighted by Crippen LogP contribution is 2.33. The number of para-hydroxylation sites is 1. The molecule has 6 nitrogen and oxygen atoms in total. The molecule has 1 saturated heterocycles. The van der Waals surface area contributed by atoms with Crippen molar-refractivity contribution in [1.29, 1.82) is 0 Å². The summed E-state index contributed by atoms with van der Waals surface area (Å²) < 4.78 is 40.1. The number of hydrogen-bond acceptors (Lipinski definition) is 4. The van der Waals surface area contributed by atoms with E-state index in [1.165, 1.54) is 24.4 Å². The fourth-order valence-corrected chi connectivity index (χ4v) is 2.64. The van der Waals surface area contributed by atoms with E-state index in [0.717, 1.165) is 30.1 Å². The van der Waals surface area contributed by atoms with Gasteiger partial charge in [-0.2, -0.15) is 13.2 Å². The average molecular weight is 376 g/mol. The summed E-state index contributed by atoms with van der Waals surface area (Å²) in [6.07, 6.45) is -1.28. The zero-order valence-corrected chi connectivity index (χ0v) is 13.9. The van der Waals surface area contributed by atoms with Crippen molar-refractivity contribution in [3.05, 3.63) is 41.7 Å². The number of benzene rings is 1. The van der Waals surface area contributed by atoms with Crippen molar-refractivity contribution < 1.29 is 18.0 Å². The second-order valence-electron chi connectivity index (χ2n) is 5.57. The number of nitrogens with zero attached hydrogens (tertiary/aromatic N) is 3. The van der Waals surface area contributed by atoms with Crippen molar-refractivity contribution in [2.75, 3.05) is 13.1 Å². The predicted octanol–water partition coefficient (Wildman–Crippen LogP) is 2.19. The van der Waals surface area contributed by atoms with Crippen LogP contribution in [0.2, 0.25) is 0 Å². The Labute approximate surface area is 148 Å². The first kappa shape index (κ1) is 19.2. The zero-order chi connectivity index (χ0) is 17.2. The van der Waals surface area contributed by atoms with Crippen molar-refractivity contribution in [3.63, 3.8) is 0 Å². The Morgan fingerprint density at radius 2 is 2.12 bits per heavy atom. The molecule has 0 bridgehead atoms. The van der Waals surface area contributed by atoms with E-state index < -0.39 is 17.6 Å². The first-order valence-electron chi connectivity index (χ1n) is 7.55. The molecule has 1 unspecified atom stereocenters. The molecule has 136 valence electrons. The zero-order valence-electron chi connectivity index (χ0n) is 13.1. The Morgan fingerprint density at radius 1 is 1.36 bits per heavy atom. The van der Waals surface area contributed by atoms with E-state index in [1.807, 2.05) is 0 Å². The van der Waals surface area contributed by atoms with Gasteiger partial charge < -0.3 is 10.6 Å². The Balaban J connectivity index is 0.00000225. The van der Waals surface area contributed by atoms with Crippen LogP contribution < -0.4 is 10.6 Å². The van der Waals surface area contributed by atoms with Crippen LogP contribution >= 0.6 is 12.4 Å². The quantitative estimate of drug-likeness (QED) is 0.859. The lowest BCUT2D eigenvalue weighted by Gasteiger charge is -2.11. The summed E-state index contributed by atoms with van der Waals surface area (Å²) in [5.74, 6) is -0.459. The lowest BCUT2D eigenvalue weighted by molar-refractivity contribution is -0.137. The normalized spacial score (nSPS) is 17.2. The van der Waals surface area contributed by atoms with E-state index in [0.29, 0.717) is 6.54 Å². The lowest BCUT2D eigenvalue weighted by Crippen LogP contribution is -2.37. The molecular weight excluding hydrogens is 359 g/mol. The van der Waals surface area contributed by atoms with E-state index >= 15 is 0 Å². The lowest BCUT2D eigenvalue weighted by atomic mass is 10.1. The molecule has 2 aromatic rings. The number of amides is 1. The van der Waals surface area contributed by atoms with Crippen LogP contribution in [0, 0.1) is 0 Å². The number of carbonyl (C=O) groups is 1. The van der Waals surface area contributed by atoms with Crippen LogP contribution in [-0.4, -0.2) is 40.0 Å². The molecule has 1 aromatic carbocycles. The predicted molar refractivity (Wildman–Crippen MR) is 87.0 cm³/mol. The molecule has 1 fully saturated rings. The van der Waals surface area contributed by atoms with E-state index in [9.17, 15) is 18.0 Å². The summed E-state index contributed by atoms with van der Waals surface area (Å²) in [5.41, 5.74) is -1.03. The molecule has 10 heteroatoms. The van der Waals surface area contributed by atoms with Gasteiger partial charge in [0, 0.05) is 12.6 Å². The highest BCUT2D eigenvalue weighted by atomic mass is 35.5. The minimum absolute atomic E-state index is 0. The van der Waals surface area contributed by atoms with Crippen molar-refractivity contribution in [1.82, 2.24) is 25.6 Å². The van der Waals surface area contributed by atoms with E-state index in [-0.39, 0.29) is 29.8 Å². The highest BCUT2D eigenvalue weighted by molar-refractivity contribution is 5.91. The molecule has 2 N–H and O–H groups in total. The molecule has 1 aromatic heterocycles. The van der Waals surface area contributed by atoms with Crippen LogP contribution in [0.5, 0.6) is 0 Å². The SMILES string of the molecule is Cl.O=C(NCC1CCCN1)c1cn(-c2ccccc2C(F)(F)F)nn1. The minimum Gasteiger partial charge on any atom is -0.349 e. The average Bonchev–Trinajstić information content (AvgIpc) is 3.23. The van der Waals surface area contributed by atoms with Gasteiger partial charge in [-0.15, -0.1) is 17.5 Å². The first-order valence-corrected chi connectivity index (χ1v) is 7.55. The van der Waals surface area contributed by atoms with Crippen LogP contribution in [0.25, 0.3) is 5.69 Å². The molecule has 0 saturated carbocycles. The molecule has 0 radical (unpaired) electrons. The summed E-state index contributed by atoms with van der Waals surface area (Å²) >= 11 is 0. The molecule has 0 spiro atoms. The molecule has 25 heavy (non-hydrogen) atoms. The topological polar surface area (TPSA) is 71.8 Å². The maximum atomic E-state index is 13.0. The number of nitrogens with one attached hydrogen (secondary N) is 2. The van der Waals surface area contributed by atoms with Gasteiger partial charge in [0.1, 0.15) is 0 Å². The van der Waals surface area contributed by atoms with Crippen LogP contribution in [0.4, 0.5) is 13.2 Å². The van der Waals surface area contributed by atoms with E-state index in [1.54, 1.807) is 0 Å². The third-order valence-electron chi connectivity index (χ3n) is 3.85. The molecule has 1 aliphatic heterocycles. The van der Waals surface area contributed by atoms with Crippen LogP contribution in [-0.2, 0) is 6.18 Å². The van der Waals surface area contributed by atoms with Gasteiger partial charge in [-0.3, -0.25) is 4.79 Å². The van der Waals surface area contributed by atoms with E-state index in [2.05, 4.69) is 20.9 Å². The Hall–Kier alpha value is -2.13. The Bertz CT molecular complexity index is 728. The van der Waals surface area contributed by atoms with Crippen molar-refractivity contribution in [2.45, 2.75) is 25.1 Å². The molecule has 1 amide bonds. The third kappa shape index (κ3) is 4.49. The van der Waals surface area contributed by atoms with Crippen LogP contribution in [0.15, 0.2) is 30.5 Å². The van der Waals surface area contributed by atoms with E-state index in [4.69, 9.17) is 0 Å². The largest absolute Gasteiger partial charge is 0.418 e. The highest BCUT2D eigenvalue weighted by Gasteiger charge is 2.34. The second-order valence-corrected chi connectivity index (χ2v) is 5.57. The summed E-state index contributed by atoms with van der Waals surface area (Å²) in [6, 6.07) is 5.22. The Morgan fingerprint density at radius 3 is 2.80 bits per heavy atom. The van der Waals surface area contributed by atoms with Gasteiger partial charge in [-0.25, -0.2) is 4.68 Å². The van der Waals surface area contributed by atoms with Crippen molar-refractivity contribution >= 4 is 18.3 Å². The minimum atomic E-state index is -4.51. The number of carbonyl (C=O) groups excluding carboxylic acids is 1. The summed E-state index contributed by atoms with van der Waals surface area (Å²) in [4.78, 5) is 12.1. The fourth-order valence-electron chi connectivity index (χ4n) is 2.64. The summed E-state index contributed by atoms with van der Waals surface area (Å²) in [7, 11) is 0. The van der Waals surface area contributed by atoms with Gasteiger partial charge in [-0.05, 0) is 31.5 Å². The standard InChI is InChI=1S/C15H16F3N5O.ClH/c16-15(17,18)11-5-1-2-6-13(11)23-9-12(21-22-23)14(24)20-8-10-4-3-7-19-10;/h1-2,5-6,9-10,19H,3-4,7-8H2,(H,20,24);1H. The third-order valence-corrected chi connectivity index (χ3v) is 3.85. The molecule has 0 aliphatic carbocycles. The molecule has 3 rings (SSSR count). The van der Waals surface area contributed by atoms with Crippen LogP contribution in [0.1, 0.15) is 28.9 Å². The number of aromatic nitrogens is 3. The number of alkyl halides is 3. The van der Waals surface area contributed by atoms with Gasteiger partial charge in [0.25, 0.3) is 5.91 Å². The monoisotopic (exact) mass is 375 g/mol. The maximum absolute atomic E-state index is 13.0. The van der Waals surface area contributed by atoms with Crippen LogP contribution in [0.3, 0.4) is 0 Å². The Kier molecular flexibility index (Phi) is 6.02.